The maximum absolute atomic E-state index is 12.1. The number of hydrogen-bond acceptors (Lipinski definition) is 4. The lowest BCUT2D eigenvalue weighted by molar-refractivity contribution is -0.126. The van der Waals surface area contributed by atoms with Gasteiger partial charge in [-0.3, -0.25) is 4.79 Å². The summed E-state index contributed by atoms with van der Waals surface area (Å²) in [6.07, 6.45) is 2.94. The zero-order valence-electron chi connectivity index (χ0n) is 13.4. The summed E-state index contributed by atoms with van der Waals surface area (Å²) >= 11 is 0. The van der Waals surface area contributed by atoms with Crippen molar-refractivity contribution in [2.24, 2.45) is 0 Å². The number of carbonyl (C=O) groups excluding carboxylic acids is 1. The maximum Gasteiger partial charge on any atom is 0.245 e. The van der Waals surface area contributed by atoms with E-state index >= 15 is 0 Å². The molecule has 1 aromatic rings. The molecule has 0 aliphatic carbocycles. The summed E-state index contributed by atoms with van der Waals surface area (Å²) in [6, 6.07) is 4.41. The predicted octanol–water partition coefficient (Wildman–Crippen LogP) is 1.86. The molecule has 2 heterocycles. The molecule has 0 spiro atoms. The molecule has 5 heteroatoms. The number of carbonyl (C=O) groups is 1. The molecule has 21 heavy (non-hydrogen) atoms. The lowest BCUT2D eigenvalue weighted by Gasteiger charge is -2.42. The minimum Gasteiger partial charge on any atom is -0.352 e. The fraction of sp³-hybridized carbons (Fsp3) is 0.625. The Balaban J connectivity index is 2.22. The molecule has 1 saturated heterocycles. The molecule has 1 aromatic heterocycles. The van der Waals surface area contributed by atoms with E-state index in [1.165, 1.54) is 5.56 Å². The third-order valence-electron chi connectivity index (χ3n) is 4.10. The van der Waals surface area contributed by atoms with E-state index in [0.29, 0.717) is 6.54 Å². The van der Waals surface area contributed by atoms with Crippen LogP contribution in [0.15, 0.2) is 18.3 Å². The minimum absolute atomic E-state index is 0.0538. The Kier molecular flexibility index (Phi) is 4.83. The van der Waals surface area contributed by atoms with Crippen molar-refractivity contribution in [3.8, 4) is 0 Å². The summed E-state index contributed by atoms with van der Waals surface area (Å²) in [6.45, 7) is 10.6. The van der Waals surface area contributed by atoms with Gasteiger partial charge in [-0.25, -0.2) is 4.98 Å². The van der Waals surface area contributed by atoms with Crippen LogP contribution in [0.5, 0.6) is 0 Å². The number of pyridine rings is 1. The van der Waals surface area contributed by atoms with E-state index in [1.807, 2.05) is 26.1 Å². The first kappa shape index (κ1) is 15.8. The van der Waals surface area contributed by atoms with Gasteiger partial charge < -0.3 is 15.5 Å². The van der Waals surface area contributed by atoms with Crippen LogP contribution in [0, 0.1) is 0 Å². The number of rotatable bonds is 5. The van der Waals surface area contributed by atoms with E-state index in [2.05, 4.69) is 40.4 Å². The van der Waals surface area contributed by atoms with Gasteiger partial charge in [-0.15, -0.1) is 0 Å². The second-order valence-electron chi connectivity index (χ2n) is 6.09. The minimum atomic E-state index is -0.566. The molecular formula is C16H26N4O. The number of anilines is 1. The first-order chi connectivity index (χ1) is 9.96. The predicted molar refractivity (Wildman–Crippen MR) is 85.4 cm³/mol. The highest BCUT2D eigenvalue weighted by Gasteiger charge is 2.38. The third-order valence-corrected chi connectivity index (χ3v) is 4.10. The number of aromatic nitrogens is 1. The number of nitrogens with one attached hydrogen (secondary N) is 2. The zero-order chi connectivity index (χ0) is 15.5. The molecule has 1 amide bonds. The largest absolute Gasteiger partial charge is 0.352 e. The number of piperazine rings is 1. The zero-order valence-corrected chi connectivity index (χ0v) is 13.4. The smallest absolute Gasteiger partial charge is 0.245 e. The summed E-state index contributed by atoms with van der Waals surface area (Å²) in [4.78, 5) is 18.6. The number of hydrogen-bond donors (Lipinski definition) is 2. The van der Waals surface area contributed by atoms with E-state index in [1.54, 1.807) is 0 Å². The third kappa shape index (κ3) is 3.35. The standard InChI is InChI=1S/C16H26N4O/c1-5-7-17-12(2)13-6-8-18-14(11-13)20-10-9-19-15(21)16(20,3)4/h6,8,11-12,17H,5,7,9-10H2,1-4H3,(H,19,21). The Labute approximate surface area is 127 Å². The van der Waals surface area contributed by atoms with E-state index < -0.39 is 5.54 Å². The van der Waals surface area contributed by atoms with Crippen LogP contribution >= 0.6 is 0 Å². The highest BCUT2D eigenvalue weighted by atomic mass is 16.2. The van der Waals surface area contributed by atoms with Crippen LogP contribution in [0.25, 0.3) is 0 Å². The van der Waals surface area contributed by atoms with Gasteiger partial charge in [0.1, 0.15) is 11.4 Å². The van der Waals surface area contributed by atoms with Crippen LogP contribution in [0.1, 0.15) is 45.7 Å². The van der Waals surface area contributed by atoms with Crippen LogP contribution in [-0.2, 0) is 4.79 Å². The van der Waals surface area contributed by atoms with Gasteiger partial charge in [-0.1, -0.05) is 6.92 Å². The average molecular weight is 290 g/mol. The fourth-order valence-electron chi connectivity index (χ4n) is 2.63. The molecule has 2 N–H and O–H groups in total. The van der Waals surface area contributed by atoms with Crippen molar-refractivity contribution >= 4 is 11.7 Å². The van der Waals surface area contributed by atoms with E-state index in [0.717, 1.165) is 25.3 Å². The Morgan fingerprint density at radius 1 is 1.52 bits per heavy atom. The van der Waals surface area contributed by atoms with E-state index in [9.17, 15) is 4.79 Å². The Morgan fingerprint density at radius 2 is 2.29 bits per heavy atom. The molecule has 0 radical (unpaired) electrons. The summed E-state index contributed by atoms with van der Waals surface area (Å²) in [5.41, 5.74) is 0.638. The van der Waals surface area contributed by atoms with Crippen molar-refractivity contribution in [1.82, 2.24) is 15.6 Å². The highest BCUT2D eigenvalue weighted by molar-refractivity contribution is 5.90. The lowest BCUT2D eigenvalue weighted by Crippen LogP contribution is -2.62. The first-order valence-corrected chi connectivity index (χ1v) is 7.72. The van der Waals surface area contributed by atoms with E-state index in [4.69, 9.17) is 0 Å². The second-order valence-corrected chi connectivity index (χ2v) is 6.09. The van der Waals surface area contributed by atoms with Gasteiger partial charge in [0.05, 0.1) is 0 Å². The van der Waals surface area contributed by atoms with Crippen molar-refractivity contribution in [3.63, 3.8) is 0 Å². The molecule has 5 nitrogen and oxygen atoms in total. The Hall–Kier alpha value is -1.62. The number of nitrogens with zero attached hydrogens (tertiary/aromatic N) is 2. The maximum atomic E-state index is 12.1. The lowest BCUT2D eigenvalue weighted by atomic mass is 9.98. The SMILES string of the molecule is CCCNC(C)c1ccnc(N2CCNC(=O)C2(C)C)c1. The van der Waals surface area contributed by atoms with Crippen molar-refractivity contribution < 1.29 is 4.79 Å². The van der Waals surface area contributed by atoms with Gasteiger partial charge in [0.25, 0.3) is 0 Å². The molecule has 116 valence electrons. The second kappa shape index (κ2) is 6.43. The van der Waals surface area contributed by atoms with Gasteiger partial charge in [-0.05, 0) is 51.4 Å². The van der Waals surface area contributed by atoms with Gasteiger partial charge in [0.15, 0.2) is 0 Å². The summed E-state index contributed by atoms with van der Waals surface area (Å²) in [7, 11) is 0. The Morgan fingerprint density at radius 3 is 3.00 bits per heavy atom. The summed E-state index contributed by atoms with van der Waals surface area (Å²) in [5.74, 6) is 0.926. The van der Waals surface area contributed by atoms with Crippen LogP contribution < -0.4 is 15.5 Å². The molecule has 0 bridgehead atoms. The Bertz CT molecular complexity index is 501. The molecule has 1 atom stereocenters. The van der Waals surface area contributed by atoms with Crippen LogP contribution in [0.4, 0.5) is 5.82 Å². The first-order valence-electron chi connectivity index (χ1n) is 7.72. The summed E-state index contributed by atoms with van der Waals surface area (Å²) < 4.78 is 0. The fourth-order valence-corrected chi connectivity index (χ4v) is 2.63. The van der Waals surface area contributed by atoms with E-state index in [-0.39, 0.29) is 11.9 Å². The molecule has 0 aromatic carbocycles. The molecule has 1 unspecified atom stereocenters. The molecule has 1 aliphatic rings. The molecule has 1 aliphatic heterocycles. The highest BCUT2D eigenvalue weighted by Crippen LogP contribution is 2.26. The molecule has 1 fully saturated rings. The monoisotopic (exact) mass is 290 g/mol. The van der Waals surface area contributed by atoms with Gasteiger partial charge in [0.2, 0.25) is 5.91 Å². The van der Waals surface area contributed by atoms with Gasteiger partial charge in [-0.2, -0.15) is 0 Å². The van der Waals surface area contributed by atoms with Gasteiger partial charge in [0, 0.05) is 25.3 Å². The van der Waals surface area contributed by atoms with Crippen molar-refractivity contribution in [3.05, 3.63) is 23.9 Å². The normalized spacial score (nSPS) is 19.2. The average Bonchev–Trinajstić information content (AvgIpc) is 2.47. The topological polar surface area (TPSA) is 57.3 Å². The van der Waals surface area contributed by atoms with Crippen LogP contribution in [-0.4, -0.2) is 36.1 Å². The van der Waals surface area contributed by atoms with Gasteiger partial charge >= 0.3 is 0 Å². The molecule has 0 saturated carbocycles. The van der Waals surface area contributed by atoms with Crippen LogP contribution in [0.2, 0.25) is 0 Å². The van der Waals surface area contributed by atoms with Crippen molar-refractivity contribution in [2.45, 2.75) is 45.7 Å². The van der Waals surface area contributed by atoms with Crippen molar-refractivity contribution in [2.75, 3.05) is 24.5 Å². The van der Waals surface area contributed by atoms with Crippen LogP contribution in [0.3, 0.4) is 0 Å². The number of amides is 1. The van der Waals surface area contributed by atoms with Crippen molar-refractivity contribution in [1.29, 1.82) is 0 Å². The molecular weight excluding hydrogens is 264 g/mol. The quantitative estimate of drug-likeness (QED) is 0.869. The molecule has 2 rings (SSSR count). The summed E-state index contributed by atoms with van der Waals surface area (Å²) in [5, 5.41) is 6.40.